The molecular weight excluding hydrogens is 208 g/mol. The fraction of sp³-hybridized carbons (Fsp3) is 0.917. The minimum atomic E-state index is -0.402. The number of aliphatic hydroxyl groups is 2. The first-order valence-electron chi connectivity index (χ1n) is 6.04. The quantitative estimate of drug-likeness (QED) is 0.653. The summed E-state index contributed by atoms with van der Waals surface area (Å²) in [5.41, 5.74) is -0.343. The van der Waals surface area contributed by atoms with Crippen molar-refractivity contribution in [2.45, 2.75) is 50.7 Å². The van der Waals surface area contributed by atoms with Gasteiger partial charge in [-0.1, -0.05) is 0 Å². The normalized spacial score (nSPS) is 43.6. The van der Waals surface area contributed by atoms with Crippen LogP contribution in [0.25, 0.3) is 0 Å². The summed E-state index contributed by atoms with van der Waals surface area (Å²) in [5, 5.41) is 20.0. The number of carbonyl (C=O) groups is 1. The zero-order valence-electron chi connectivity index (χ0n) is 9.69. The molecule has 0 aromatic rings. The van der Waals surface area contributed by atoms with Gasteiger partial charge in [-0.2, -0.15) is 0 Å². The van der Waals surface area contributed by atoms with Gasteiger partial charge in [0.1, 0.15) is 0 Å². The Morgan fingerprint density at radius 3 is 2.06 bits per heavy atom. The third kappa shape index (κ3) is 1.74. The van der Waals surface area contributed by atoms with Crippen LogP contribution in [0.5, 0.6) is 0 Å². The van der Waals surface area contributed by atoms with E-state index in [-0.39, 0.29) is 17.3 Å². The Kier molecular flexibility index (Phi) is 3.22. The van der Waals surface area contributed by atoms with Crippen LogP contribution >= 0.6 is 0 Å². The van der Waals surface area contributed by atoms with Crippen LogP contribution in [0.3, 0.4) is 0 Å². The second-order valence-electron chi connectivity index (χ2n) is 5.14. The van der Waals surface area contributed by atoms with Crippen LogP contribution < -0.4 is 0 Å². The summed E-state index contributed by atoms with van der Waals surface area (Å²) in [6, 6.07) is 0. The highest BCUT2D eigenvalue weighted by molar-refractivity contribution is 5.72. The van der Waals surface area contributed by atoms with E-state index in [4.69, 9.17) is 4.74 Å². The number of hydrogen-bond donors (Lipinski definition) is 2. The van der Waals surface area contributed by atoms with Crippen molar-refractivity contribution < 1.29 is 19.7 Å². The molecule has 0 aromatic carbocycles. The minimum Gasteiger partial charge on any atom is -0.469 e. The lowest BCUT2D eigenvalue weighted by Gasteiger charge is -2.41. The van der Waals surface area contributed by atoms with Gasteiger partial charge in [0.25, 0.3) is 0 Å². The fourth-order valence-electron chi connectivity index (χ4n) is 3.34. The lowest BCUT2D eigenvalue weighted by atomic mass is 9.67. The van der Waals surface area contributed by atoms with Crippen LogP contribution in [0, 0.1) is 11.3 Å². The third-order valence-electron chi connectivity index (χ3n) is 4.49. The molecule has 2 saturated carbocycles. The fourth-order valence-corrected chi connectivity index (χ4v) is 3.34. The molecule has 0 bridgehead atoms. The van der Waals surface area contributed by atoms with E-state index >= 15 is 0 Å². The molecule has 0 aliphatic heterocycles. The predicted octanol–water partition coefficient (Wildman–Crippen LogP) is 0.852. The van der Waals surface area contributed by atoms with E-state index < -0.39 is 12.2 Å². The van der Waals surface area contributed by atoms with E-state index in [2.05, 4.69) is 0 Å². The summed E-state index contributed by atoms with van der Waals surface area (Å²) in [6.07, 6.45) is 3.47. The van der Waals surface area contributed by atoms with Crippen molar-refractivity contribution in [3.63, 3.8) is 0 Å². The lowest BCUT2D eigenvalue weighted by molar-refractivity contribution is -0.149. The Hall–Kier alpha value is -0.610. The molecule has 92 valence electrons. The maximum Gasteiger partial charge on any atom is 0.308 e. The Bertz CT molecular complexity index is 256. The van der Waals surface area contributed by atoms with Gasteiger partial charge in [-0.05, 0) is 38.5 Å². The summed E-state index contributed by atoms with van der Waals surface area (Å²) in [5.74, 6) is -0.201. The van der Waals surface area contributed by atoms with Crippen molar-refractivity contribution in [3.05, 3.63) is 0 Å². The molecule has 0 aromatic heterocycles. The van der Waals surface area contributed by atoms with Gasteiger partial charge in [0, 0.05) is 5.41 Å². The molecular formula is C12H20O4. The second-order valence-corrected chi connectivity index (χ2v) is 5.14. The summed E-state index contributed by atoms with van der Waals surface area (Å²) in [7, 11) is 1.41. The number of carbonyl (C=O) groups excluding carboxylic acids is 1. The van der Waals surface area contributed by atoms with E-state index in [0.29, 0.717) is 12.8 Å². The average Bonchev–Trinajstić information content (AvgIpc) is 2.58. The minimum absolute atomic E-state index is 0.0457. The highest BCUT2D eigenvalue weighted by Crippen LogP contribution is 2.50. The summed E-state index contributed by atoms with van der Waals surface area (Å²) >= 11 is 0. The van der Waals surface area contributed by atoms with Gasteiger partial charge in [0.05, 0.1) is 25.2 Å². The maximum absolute atomic E-state index is 11.4. The SMILES string of the molecule is COC(=O)C1CCC2(CC1)C(O)CCC2O. The predicted molar refractivity (Wildman–Crippen MR) is 57.7 cm³/mol. The third-order valence-corrected chi connectivity index (χ3v) is 4.49. The Labute approximate surface area is 95.6 Å². The van der Waals surface area contributed by atoms with Gasteiger partial charge < -0.3 is 14.9 Å². The molecule has 2 N–H and O–H groups in total. The standard InChI is InChI=1S/C12H20O4/c1-16-11(15)8-4-6-12(7-5-8)9(13)2-3-10(12)14/h8-10,13-14H,2-7H2,1H3. The van der Waals surface area contributed by atoms with E-state index in [9.17, 15) is 15.0 Å². The Morgan fingerprint density at radius 1 is 1.12 bits per heavy atom. The molecule has 0 amide bonds. The molecule has 2 atom stereocenters. The highest BCUT2D eigenvalue weighted by atomic mass is 16.5. The Morgan fingerprint density at radius 2 is 1.62 bits per heavy atom. The number of aliphatic hydroxyl groups excluding tert-OH is 2. The van der Waals surface area contributed by atoms with Crippen LogP contribution in [0.4, 0.5) is 0 Å². The van der Waals surface area contributed by atoms with Gasteiger partial charge >= 0.3 is 5.97 Å². The topological polar surface area (TPSA) is 66.8 Å². The Balaban J connectivity index is 2.01. The van der Waals surface area contributed by atoms with Crippen molar-refractivity contribution in [2.24, 2.45) is 11.3 Å². The lowest BCUT2D eigenvalue weighted by Crippen LogP contribution is -2.43. The molecule has 0 saturated heterocycles. The molecule has 4 nitrogen and oxygen atoms in total. The van der Waals surface area contributed by atoms with E-state index in [1.807, 2.05) is 0 Å². The van der Waals surface area contributed by atoms with Gasteiger partial charge in [-0.25, -0.2) is 0 Å². The van der Waals surface area contributed by atoms with Gasteiger partial charge in [-0.15, -0.1) is 0 Å². The largest absolute Gasteiger partial charge is 0.469 e. The first-order chi connectivity index (χ1) is 7.60. The van der Waals surface area contributed by atoms with E-state index in [0.717, 1.165) is 25.7 Å². The molecule has 2 unspecified atom stereocenters. The molecule has 0 heterocycles. The van der Waals surface area contributed by atoms with Gasteiger partial charge in [0.2, 0.25) is 0 Å². The van der Waals surface area contributed by atoms with Gasteiger partial charge in [0.15, 0.2) is 0 Å². The van der Waals surface area contributed by atoms with Crippen LogP contribution in [0.1, 0.15) is 38.5 Å². The van der Waals surface area contributed by atoms with Crippen LogP contribution in [-0.2, 0) is 9.53 Å². The molecule has 4 heteroatoms. The first-order valence-corrected chi connectivity index (χ1v) is 6.04. The zero-order valence-corrected chi connectivity index (χ0v) is 9.69. The van der Waals surface area contributed by atoms with Crippen molar-refractivity contribution >= 4 is 5.97 Å². The summed E-state index contributed by atoms with van der Waals surface area (Å²) < 4.78 is 4.73. The maximum atomic E-state index is 11.4. The number of rotatable bonds is 1. The molecule has 2 aliphatic carbocycles. The number of ether oxygens (including phenoxy) is 1. The monoisotopic (exact) mass is 228 g/mol. The van der Waals surface area contributed by atoms with Crippen LogP contribution in [-0.4, -0.2) is 35.5 Å². The smallest absolute Gasteiger partial charge is 0.308 e. The van der Waals surface area contributed by atoms with Gasteiger partial charge in [-0.3, -0.25) is 4.79 Å². The van der Waals surface area contributed by atoms with Crippen LogP contribution in [0.15, 0.2) is 0 Å². The van der Waals surface area contributed by atoms with Crippen molar-refractivity contribution in [1.29, 1.82) is 0 Å². The number of esters is 1. The summed E-state index contributed by atoms with van der Waals surface area (Å²) in [6.45, 7) is 0. The van der Waals surface area contributed by atoms with Crippen LogP contribution in [0.2, 0.25) is 0 Å². The molecule has 2 aliphatic rings. The van der Waals surface area contributed by atoms with E-state index in [1.54, 1.807) is 0 Å². The zero-order chi connectivity index (χ0) is 11.8. The van der Waals surface area contributed by atoms with Crippen molar-refractivity contribution in [2.75, 3.05) is 7.11 Å². The number of methoxy groups -OCH3 is 1. The molecule has 0 radical (unpaired) electrons. The highest BCUT2D eigenvalue weighted by Gasteiger charge is 2.51. The molecule has 16 heavy (non-hydrogen) atoms. The molecule has 2 rings (SSSR count). The van der Waals surface area contributed by atoms with Crippen molar-refractivity contribution in [3.8, 4) is 0 Å². The summed E-state index contributed by atoms with van der Waals surface area (Å²) in [4.78, 5) is 11.4. The average molecular weight is 228 g/mol. The molecule has 2 fully saturated rings. The van der Waals surface area contributed by atoms with E-state index in [1.165, 1.54) is 7.11 Å². The molecule has 1 spiro atoms. The number of hydrogen-bond acceptors (Lipinski definition) is 4. The first kappa shape index (κ1) is 11.9. The second kappa shape index (κ2) is 4.34. The van der Waals surface area contributed by atoms with Crippen molar-refractivity contribution in [1.82, 2.24) is 0 Å².